The predicted octanol–water partition coefficient (Wildman–Crippen LogP) is 2.36. The van der Waals surface area contributed by atoms with Crippen LogP contribution in [0.1, 0.15) is 38.5 Å². The number of hydrogen-bond donors (Lipinski definition) is 2. The van der Waals surface area contributed by atoms with Crippen LogP contribution in [0.4, 0.5) is 11.4 Å². The summed E-state index contributed by atoms with van der Waals surface area (Å²) in [5.74, 6) is 2.69. The van der Waals surface area contributed by atoms with Crippen LogP contribution in [0.2, 0.25) is 0 Å². The second-order valence-corrected chi connectivity index (χ2v) is 7.31. The number of H-pyrrole nitrogens is 1. The molecule has 0 saturated heterocycles. The summed E-state index contributed by atoms with van der Waals surface area (Å²) in [6.07, 6.45) is 9.84. The highest BCUT2D eigenvalue weighted by atomic mass is 16.1. The molecule has 108 valence electrons. The van der Waals surface area contributed by atoms with Crippen molar-refractivity contribution in [1.29, 1.82) is 0 Å². The van der Waals surface area contributed by atoms with E-state index in [1.165, 1.54) is 38.5 Å². The van der Waals surface area contributed by atoms with Crippen LogP contribution >= 0.6 is 0 Å². The van der Waals surface area contributed by atoms with Gasteiger partial charge in [-0.1, -0.05) is 0 Å². The Kier molecular flexibility index (Phi) is 2.48. The molecule has 3 N–H and O–H groups in total. The molecule has 1 heterocycles. The van der Waals surface area contributed by atoms with E-state index in [9.17, 15) is 4.79 Å². The van der Waals surface area contributed by atoms with Crippen LogP contribution in [-0.2, 0) is 0 Å². The van der Waals surface area contributed by atoms with Gasteiger partial charge in [-0.05, 0) is 62.3 Å². The van der Waals surface area contributed by atoms with E-state index < -0.39 is 0 Å². The molecule has 0 unspecified atom stereocenters. The summed E-state index contributed by atoms with van der Waals surface area (Å²) in [4.78, 5) is 16.8. The first-order chi connectivity index (χ1) is 9.57. The molecule has 1 aromatic heterocycles. The Morgan fingerprint density at radius 3 is 2.30 bits per heavy atom. The van der Waals surface area contributed by atoms with Crippen molar-refractivity contribution >= 4 is 11.4 Å². The molecule has 5 rings (SSSR count). The number of aromatic amines is 1. The lowest BCUT2D eigenvalue weighted by Gasteiger charge is -2.60. The molecule has 4 aliphatic rings. The normalized spacial score (nSPS) is 38.1. The number of aromatic nitrogens is 1. The van der Waals surface area contributed by atoms with E-state index in [1.54, 1.807) is 6.20 Å². The third-order valence-corrected chi connectivity index (χ3v) is 6.05. The van der Waals surface area contributed by atoms with E-state index in [2.05, 4.69) is 16.9 Å². The average Bonchev–Trinajstić information content (AvgIpc) is 2.39. The van der Waals surface area contributed by atoms with Gasteiger partial charge in [-0.3, -0.25) is 4.79 Å². The minimum Gasteiger partial charge on any atom is -0.393 e. The van der Waals surface area contributed by atoms with Gasteiger partial charge in [-0.15, -0.1) is 0 Å². The number of nitrogens with one attached hydrogen (secondary N) is 1. The maximum absolute atomic E-state index is 11.8. The minimum absolute atomic E-state index is 0.168. The van der Waals surface area contributed by atoms with Crippen LogP contribution in [0.5, 0.6) is 0 Å². The smallest absolute Gasteiger partial charge is 0.273 e. The van der Waals surface area contributed by atoms with Crippen LogP contribution in [0.3, 0.4) is 0 Å². The van der Waals surface area contributed by atoms with Gasteiger partial charge in [0.2, 0.25) is 0 Å². The molecule has 4 saturated carbocycles. The van der Waals surface area contributed by atoms with Crippen molar-refractivity contribution in [2.75, 3.05) is 17.7 Å². The topological polar surface area (TPSA) is 62.1 Å². The molecular formula is C16H23N3O. The molecule has 1 aromatic rings. The van der Waals surface area contributed by atoms with Crippen molar-refractivity contribution in [2.45, 2.75) is 44.1 Å². The lowest BCUT2D eigenvalue weighted by molar-refractivity contribution is -0.00196. The molecular weight excluding hydrogens is 250 g/mol. The average molecular weight is 273 g/mol. The summed E-state index contributed by atoms with van der Waals surface area (Å²) >= 11 is 0. The van der Waals surface area contributed by atoms with Crippen LogP contribution in [0, 0.1) is 17.8 Å². The van der Waals surface area contributed by atoms with Gasteiger partial charge in [-0.25, -0.2) is 0 Å². The third kappa shape index (κ3) is 1.63. The monoisotopic (exact) mass is 273 g/mol. The molecule has 20 heavy (non-hydrogen) atoms. The Morgan fingerprint density at radius 2 is 1.75 bits per heavy atom. The second kappa shape index (κ2) is 4.03. The molecule has 0 aromatic carbocycles. The van der Waals surface area contributed by atoms with Crippen molar-refractivity contribution < 1.29 is 0 Å². The summed E-state index contributed by atoms with van der Waals surface area (Å²) in [6.45, 7) is 0. The number of nitrogen functional groups attached to an aromatic ring is 1. The largest absolute Gasteiger partial charge is 0.393 e. The fourth-order valence-corrected chi connectivity index (χ4v) is 5.50. The second-order valence-electron chi connectivity index (χ2n) is 7.31. The number of anilines is 2. The van der Waals surface area contributed by atoms with E-state index in [0.717, 1.165) is 23.4 Å². The maximum Gasteiger partial charge on any atom is 0.273 e. The SMILES string of the molecule is CN(c1cc[nH]c(=O)c1N)C12CC3CC(CC(C3)C1)C2. The third-order valence-electron chi connectivity index (χ3n) is 6.05. The van der Waals surface area contributed by atoms with E-state index in [0.29, 0.717) is 5.69 Å². The first kappa shape index (κ1) is 12.3. The summed E-state index contributed by atoms with van der Waals surface area (Å²) < 4.78 is 0. The number of rotatable bonds is 2. The molecule has 4 bridgehead atoms. The zero-order valence-corrected chi connectivity index (χ0v) is 12.1. The molecule has 4 aliphatic carbocycles. The molecule has 4 heteroatoms. The highest BCUT2D eigenvalue weighted by molar-refractivity contribution is 5.67. The Labute approximate surface area is 119 Å². The molecule has 0 radical (unpaired) electrons. The van der Waals surface area contributed by atoms with Crippen molar-refractivity contribution in [2.24, 2.45) is 17.8 Å². The van der Waals surface area contributed by atoms with Crippen molar-refractivity contribution in [3.8, 4) is 0 Å². The Hall–Kier alpha value is -1.45. The number of pyridine rings is 1. The van der Waals surface area contributed by atoms with Crippen molar-refractivity contribution in [3.05, 3.63) is 22.6 Å². The highest BCUT2D eigenvalue weighted by Crippen LogP contribution is 2.58. The first-order valence-corrected chi connectivity index (χ1v) is 7.78. The Bertz CT molecular complexity index is 556. The summed E-state index contributed by atoms with van der Waals surface area (Å²) in [7, 11) is 2.14. The van der Waals surface area contributed by atoms with E-state index in [-0.39, 0.29) is 11.1 Å². The van der Waals surface area contributed by atoms with Gasteiger partial charge >= 0.3 is 0 Å². The van der Waals surface area contributed by atoms with Crippen LogP contribution < -0.4 is 16.2 Å². The van der Waals surface area contributed by atoms with Gasteiger partial charge in [0.05, 0.1) is 5.69 Å². The fourth-order valence-electron chi connectivity index (χ4n) is 5.50. The predicted molar refractivity (Wildman–Crippen MR) is 80.8 cm³/mol. The van der Waals surface area contributed by atoms with Crippen LogP contribution in [-0.4, -0.2) is 17.6 Å². The number of nitrogens with zero attached hydrogens (tertiary/aromatic N) is 1. The lowest BCUT2D eigenvalue weighted by atomic mass is 9.52. The van der Waals surface area contributed by atoms with Crippen molar-refractivity contribution in [3.63, 3.8) is 0 Å². The fraction of sp³-hybridized carbons (Fsp3) is 0.688. The molecule has 0 spiro atoms. The highest BCUT2D eigenvalue weighted by Gasteiger charge is 2.53. The molecule has 4 nitrogen and oxygen atoms in total. The van der Waals surface area contributed by atoms with E-state index in [4.69, 9.17) is 5.73 Å². The number of nitrogens with two attached hydrogens (primary N) is 1. The van der Waals surface area contributed by atoms with Gasteiger partial charge < -0.3 is 15.6 Å². The summed E-state index contributed by atoms with van der Waals surface area (Å²) in [5, 5.41) is 0. The molecule has 4 fully saturated rings. The first-order valence-electron chi connectivity index (χ1n) is 7.78. The van der Waals surface area contributed by atoms with Crippen LogP contribution in [0.15, 0.2) is 17.1 Å². The van der Waals surface area contributed by atoms with E-state index >= 15 is 0 Å². The van der Waals surface area contributed by atoms with Crippen LogP contribution in [0.25, 0.3) is 0 Å². The summed E-state index contributed by atoms with van der Waals surface area (Å²) in [6, 6.07) is 1.95. The standard InChI is InChI=1S/C16H23N3O/c1-19(13-2-3-18-15(20)14(13)17)16-7-10-4-11(8-16)6-12(5-10)9-16/h2-3,10-12H,4-9,17H2,1H3,(H,18,20). The lowest BCUT2D eigenvalue weighted by Crippen LogP contribution is -2.59. The van der Waals surface area contributed by atoms with E-state index in [1.807, 2.05) is 6.07 Å². The van der Waals surface area contributed by atoms with Gasteiger partial charge in [0.25, 0.3) is 5.56 Å². The Balaban J connectivity index is 1.73. The zero-order chi connectivity index (χ0) is 13.9. The van der Waals surface area contributed by atoms with Gasteiger partial charge in [-0.2, -0.15) is 0 Å². The molecule has 0 atom stereocenters. The number of hydrogen-bond acceptors (Lipinski definition) is 3. The quantitative estimate of drug-likeness (QED) is 0.869. The zero-order valence-electron chi connectivity index (χ0n) is 12.1. The van der Waals surface area contributed by atoms with Crippen molar-refractivity contribution in [1.82, 2.24) is 4.98 Å². The molecule has 0 aliphatic heterocycles. The Morgan fingerprint density at radius 1 is 1.20 bits per heavy atom. The molecule has 0 amide bonds. The van der Waals surface area contributed by atoms with Gasteiger partial charge in [0, 0.05) is 18.8 Å². The summed E-state index contributed by atoms with van der Waals surface area (Å²) in [5.41, 5.74) is 7.38. The maximum atomic E-state index is 11.8. The van der Waals surface area contributed by atoms with Gasteiger partial charge in [0.15, 0.2) is 0 Å². The minimum atomic E-state index is -0.168. The van der Waals surface area contributed by atoms with Gasteiger partial charge in [0.1, 0.15) is 5.69 Å².